The molecule has 1 N–H and O–H groups in total. The van der Waals surface area contributed by atoms with Crippen LogP contribution < -0.4 is 5.32 Å². The number of amides is 3. The molecule has 1 aromatic carbocycles. The molecule has 2 aliphatic rings. The molecule has 2 heterocycles. The first kappa shape index (κ1) is 13.6. The molecule has 0 unspecified atom stereocenters. The normalized spacial score (nSPS) is 17.5. The molecule has 0 spiro atoms. The van der Waals surface area contributed by atoms with Crippen LogP contribution in [0.15, 0.2) is 18.2 Å². The van der Waals surface area contributed by atoms with Gasteiger partial charge in [0.25, 0.3) is 5.91 Å². The smallest absolute Gasteiger partial charge is 0.253 e. The van der Waals surface area contributed by atoms with E-state index in [1.54, 1.807) is 34.9 Å². The van der Waals surface area contributed by atoms with Crippen molar-refractivity contribution in [1.29, 1.82) is 0 Å². The monoisotopic (exact) mass is 287 g/mol. The van der Waals surface area contributed by atoms with Gasteiger partial charge < -0.3 is 15.1 Å². The average molecular weight is 287 g/mol. The fraction of sp³-hybridized carbons (Fsp3) is 0.400. The predicted molar refractivity (Wildman–Crippen MR) is 76.9 cm³/mol. The SMILES string of the molecule is CC(=O)N1CCN(C(=O)c2ccc3c(c2)CC(=O)N3)CC1. The van der Waals surface area contributed by atoms with Crippen LogP contribution in [0, 0.1) is 0 Å². The van der Waals surface area contributed by atoms with Gasteiger partial charge in [-0.3, -0.25) is 14.4 Å². The summed E-state index contributed by atoms with van der Waals surface area (Å²) in [6.45, 7) is 3.79. The zero-order chi connectivity index (χ0) is 15.0. The van der Waals surface area contributed by atoms with Gasteiger partial charge in [0.2, 0.25) is 11.8 Å². The molecule has 110 valence electrons. The number of hydrogen-bond donors (Lipinski definition) is 1. The maximum atomic E-state index is 12.5. The quantitative estimate of drug-likeness (QED) is 0.817. The minimum atomic E-state index is -0.0413. The molecular weight excluding hydrogens is 270 g/mol. The molecule has 0 aromatic heterocycles. The third-order valence-electron chi connectivity index (χ3n) is 3.99. The van der Waals surface area contributed by atoms with Gasteiger partial charge in [-0.25, -0.2) is 0 Å². The van der Waals surface area contributed by atoms with Crippen LogP contribution in [-0.4, -0.2) is 53.7 Å². The number of benzene rings is 1. The summed E-state index contributed by atoms with van der Waals surface area (Å²) in [5.41, 5.74) is 2.26. The first-order valence-corrected chi connectivity index (χ1v) is 7.02. The predicted octanol–water partition coefficient (Wildman–Crippen LogP) is 0.486. The van der Waals surface area contributed by atoms with E-state index in [0.717, 1.165) is 11.3 Å². The van der Waals surface area contributed by atoms with Crippen LogP contribution >= 0.6 is 0 Å². The van der Waals surface area contributed by atoms with Gasteiger partial charge in [-0.1, -0.05) is 0 Å². The highest BCUT2D eigenvalue weighted by molar-refractivity contribution is 6.01. The van der Waals surface area contributed by atoms with Gasteiger partial charge in [0, 0.05) is 44.4 Å². The largest absolute Gasteiger partial charge is 0.339 e. The van der Waals surface area contributed by atoms with Crippen LogP contribution in [0.3, 0.4) is 0 Å². The Hall–Kier alpha value is -2.37. The van der Waals surface area contributed by atoms with Gasteiger partial charge in [-0.2, -0.15) is 0 Å². The number of nitrogens with zero attached hydrogens (tertiary/aromatic N) is 2. The Morgan fingerprint density at radius 2 is 1.76 bits per heavy atom. The van der Waals surface area contributed by atoms with E-state index < -0.39 is 0 Å². The number of anilines is 1. The molecule has 1 fully saturated rings. The summed E-state index contributed by atoms with van der Waals surface area (Å²) in [5, 5.41) is 2.75. The third kappa shape index (κ3) is 2.61. The summed E-state index contributed by atoms with van der Waals surface area (Å²) >= 11 is 0. The third-order valence-corrected chi connectivity index (χ3v) is 3.99. The van der Waals surface area contributed by atoms with E-state index in [1.807, 2.05) is 0 Å². The van der Waals surface area contributed by atoms with E-state index in [0.29, 0.717) is 38.2 Å². The summed E-state index contributed by atoms with van der Waals surface area (Å²) < 4.78 is 0. The summed E-state index contributed by atoms with van der Waals surface area (Å²) in [5.74, 6) is -0.0331. The molecule has 6 heteroatoms. The summed E-state index contributed by atoms with van der Waals surface area (Å²) in [7, 11) is 0. The Kier molecular flexibility index (Phi) is 3.37. The molecule has 1 saturated heterocycles. The van der Waals surface area contributed by atoms with Crippen LogP contribution in [0.2, 0.25) is 0 Å². The highest BCUT2D eigenvalue weighted by atomic mass is 16.2. The van der Waals surface area contributed by atoms with E-state index in [1.165, 1.54) is 0 Å². The summed E-state index contributed by atoms with van der Waals surface area (Å²) in [4.78, 5) is 38.6. The van der Waals surface area contributed by atoms with E-state index in [9.17, 15) is 14.4 Å². The van der Waals surface area contributed by atoms with Gasteiger partial charge >= 0.3 is 0 Å². The van der Waals surface area contributed by atoms with Crippen LogP contribution in [0.1, 0.15) is 22.8 Å². The maximum absolute atomic E-state index is 12.5. The molecule has 0 radical (unpaired) electrons. The molecule has 0 saturated carbocycles. The second-order valence-corrected chi connectivity index (χ2v) is 5.40. The molecule has 21 heavy (non-hydrogen) atoms. The fourth-order valence-corrected chi connectivity index (χ4v) is 2.77. The molecule has 2 aliphatic heterocycles. The van der Waals surface area contributed by atoms with E-state index in [2.05, 4.69) is 5.32 Å². The highest BCUT2D eigenvalue weighted by Crippen LogP contribution is 2.24. The number of carbonyl (C=O) groups is 3. The molecule has 3 rings (SSSR count). The van der Waals surface area contributed by atoms with Crippen molar-refractivity contribution < 1.29 is 14.4 Å². The fourth-order valence-electron chi connectivity index (χ4n) is 2.77. The van der Waals surface area contributed by atoms with Gasteiger partial charge in [0.15, 0.2) is 0 Å². The van der Waals surface area contributed by atoms with Crippen molar-refractivity contribution >= 4 is 23.4 Å². The van der Waals surface area contributed by atoms with Crippen molar-refractivity contribution in [3.63, 3.8) is 0 Å². The average Bonchev–Trinajstić information content (AvgIpc) is 2.85. The number of carbonyl (C=O) groups excluding carboxylic acids is 3. The number of piperazine rings is 1. The minimum Gasteiger partial charge on any atom is -0.339 e. The lowest BCUT2D eigenvalue weighted by molar-refractivity contribution is -0.130. The number of rotatable bonds is 1. The van der Waals surface area contributed by atoms with Crippen LogP contribution in [-0.2, 0) is 16.0 Å². The lowest BCUT2D eigenvalue weighted by Crippen LogP contribution is -2.50. The Morgan fingerprint density at radius 1 is 1.10 bits per heavy atom. The molecular formula is C15H17N3O3. The molecule has 0 atom stereocenters. The van der Waals surface area contributed by atoms with E-state index >= 15 is 0 Å². The van der Waals surface area contributed by atoms with Crippen molar-refractivity contribution in [2.45, 2.75) is 13.3 Å². The molecule has 6 nitrogen and oxygen atoms in total. The van der Waals surface area contributed by atoms with Gasteiger partial charge in [-0.15, -0.1) is 0 Å². The van der Waals surface area contributed by atoms with E-state index in [-0.39, 0.29) is 17.7 Å². The second-order valence-electron chi connectivity index (χ2n) is 5.40. The molecule has 1 aromatic rings. The first-order valence-electron chi connectivity index (χ1n) is 7.02. The maximum Gasteiger partial charge on any atom is 0.253 e. The van der Waals surface area contributed by atoms with Gasteiger partial charge in [-0.05, 0) is 23.8 Å². The van der Waals surface area contributed by atoms with Crippen LogP contribution in [0.4, 0.5) is 5.69 Å². The highest BCUT2D eigenvalue weighted by Gasteiger charge is 2.25. The standard InChI is InChI=1S/C15H17N3O3/c1-10(19)17-4-6-18(7-5-17)15(21)11-2-3-13-12(8-11)9-14(20)16-13/h2-3,8H,4-7,9H2,1H3,(H,16,20). The van der Waals surface area contributed by atoms with Crippen molar-refractivity contribution in [1.82, 2.24) is 9.80 Å². The Labute approximate surface area is 122 Å². The van der Waals surface area contributed by atoms with Crippen molar-refractivity contribution in [3.05, 3.63) is 29.3 Å². The Morgan fingerprint density at radius 3 is 2.43 bits per heavy atom. The lowest BCUT2D eigenvalue weighted by Gasteiger charge is -2.34. The van der Waals surface area contributed by atoms with E-state index in [4.69, 9.17) is 0 Å². The molecule has 0 bridgehead atoms. The van der Waals surface area contributed by atoms with Gasteiger partial charge in [0.1, 0.15) is 0 Å². The number of fused-ring (bicyclic) bond motifs is 1. The molecule has 3 amide bonds. The van der Waals surface area contributed by atoms with Crippen molar-refractivity contribution in [2.75, 3.05) is 31.5 Å². The van der Waals surface area contributed by atoms with Gasteiger partial charge in [0.05, 0.1) is 6.42 Å². The first-order chi connectivity index (χ1) is 10.0. The Bertz CT molecular complexity index is 619. The summed E-state index contributed by atoms with van der Waals surface area (Å²) in [6.07, 6.45) is 0.328. The summed E-state index contributed by atoms with van der Waals surface area (Å²) in [6, 6.07) is 5.30. The lowest BCUT2D eigenvalue weighted by atomic mass is 10.1. The van der Waals surface area contributed by atoms with Crippen molar-refractivity contribution in [2.24, 2.45) is 0 Å². The zero-order valence-electron chi connectivity index (χ0n) is 11.9. The van der Waals surface area contributed by atoms with Crippen LogP contribution in [0.5, 0.6) is 0 Å². The second kappa shape index (κ2) is 5.20. The molecule has 0 aliphatic carbocycles. The zero-order valence-corrected chi connectivity index (χ0v) is 11.9. The number of nitrogens with one attached hydrogen (secondary N) is 1. The van der Waals surface area contributed by atoms with Crippen molar-refractivity contribution in [3.8, 4) is 0 Å². The minimum absolute atomic E-state index is 0.0373. The topological polar surface area (TPSA) is 69.7 Å². The number of hydrogen-bond acceptors (Lipinski definition) is 3. The Balaban J connectivity index is 1.71. The van der Waals surface area contributed by atoms with Crippen LogP contribution in [0.25, 0.3) is 0 Å².